The molecule has 4 aromatic heterocycles. The molecule has 12 aromatic rings. The molecule has 262 valence electrons. The number of fused-ring (bicyclic) bond motifs is 10. The van der Waals surface area contributed by atoms with Gasteiger partial charge in [0.25, 0.3) is 0 Å². The molecule has 0 fully saturated rings. The number of para-hydroxylation sites is 5. The second-order valence-electron chi connectivity index (χ2n) is 14.3. The van der Waals surface area contributed by atoms with Crippen LogP contribution in [0, 0.1) is 0 Å². The van der Waals surface area contributed by atoms with Crippen molar-refractivity contribution in [3.05, 3.63) is 188 Å². The first-order valence-corrected chi connectivity index (χ1v) is 18.9. The molecule has 0 saturated heterocycles. The second kappa shape index (κ2) is 11.9. The van der Waals surface area contributed by atoms with E-state index in [0.717, 1.165) is 89.0 Å². The molecule has 4 heterocycles. The molecule has 0 N–H and O–H groups in total. The van der Waals surface area contributed by atoms with Gasteiger partial charge in [-0.1, -0.05) is 133 Å². The van der Waals surface area contributed by atoms with Crippen molar-refractivity contribution in [2.75, 3.05) is 0 Å². The summed E-state index contributed by atoms with van der Waals surface area (Å²) in [5.41, 5.74) is 13.1. The van der Waals surface area contributed by atoms with Gasteiger partial charge in [-0.15, -0.1) is 5.10 Å². The molecule has 0 atom stereocenters. The van der Waals surface area contributed by atoms with Gasteiger partial charge in [0.05, 0.1) is 33.1 Å². The highest BCUT2D eigenvalue weighted by Gasteiger charge is 2.25. The molecule has 56 heavy (non-hydrogen) atoms. The lowest BCUT2D eigenvalue weighted by molar-refractivity contribution is 0.669. The van der Waals surface area contributed by atoms with E-state index in [0.29, 0.717) is 0 Å². The summed E-state index contributed by atoms with van der Waals surface area (Å²) in [6.45, 7) is 0. The van der Waals surface area contributed by atoms with Crippen LogP contribution in [0.4, 0.5) is 0 Å². The average molecular weight is 718 g/mol. The number of hydrogen-bond acceptors (Lipinski definition) is 3. The molecule has 0 aliphatic carbocycles. The number of nitrogens with zero attached hydrogens (tertiary/aromatic N) is 5. The van der Waals surface area contributed by atoms with E-state index < -0.39 is 0 Å². The van der Waals surface area contributed by atoms with Crippen LogP contribution in [0.3, 0.4) is 0 Å². The molecule has 0 saturated carbocycles. The van der Waals surface area contributed by atoms with E-state index in [1.54, 1.807) is 0 Å². The van der Waals surface area contributed by atoms with Gasteiger partial charge in [0.15, 0.2) is 0 Å². The van der Waals surface area contributed by atoms with Crippen LogP contribution in [0.25, 0.3) is 105 Å². The van der Waals surface area contributed by atoms with Crippen molar-refractivity contribution in [2.24, 2.45) is 0 Å². The molecule has 0 amide bonds. The van der Waals surface area contributed by atoms with Crippen LogP contribution in [-0.2, 0) is 0 Å². The van der Waals surface area contributed by atoms with Crippen LogP contribution in [0.15, 0.2) is 192 Å². The molecule has 6 nitrogen and oxygen atoms in total. The lowest BCUT2D eigenvalue weighted by Gasteiger charge is -2.16. The van der Waals surface area contributed by atoms with Gasteiger partial charge in [0.2, 0.25) is 0 Å². The summed E-state index contributed by atoms with van der Waals surface area (Å²) < 4.78 is 13.2. The summed E-state index contributed by atoms with van der Waals surface area (Å²) >= 11 is 0. The maximum atomic E-state index is 6.43. The van der Waals surface area contributed by atoms with Crippen LogP contribution < -0.4 is 0 Å². The van der Waals surface area contributed by atoms with Crippen molar-refractivity contribution in [1.29, 1.82) is 0 Å². The third-order valence-electron chi connectivity index (χ3n) is 11.2. The van der Waals surface area contributed by atoms with E-state index in [9.17, 15) is 0 Å². The third-order valence-corrected chi connectivity index (χ3v) is 11.2. The fraction of sp³-hybridized carbons (Fsp3) is 0. The first-order valence-electron chi connectivity index (χ1n) is 18.9. The van der Waals surface area contributed by atoms with Crippen LogP contribution >= 0.6 is 0 Å². The molecule has 0 spiro atoms. The highest BCUT2D eigenvalue weighted by molar-refractivity contribution is 6.24. The number of rotatable bonds is 5. The van der Waals surface area contributed by atoms with Crippen LogP contribution in [0.5, 0.6) is 0 Å². The standard InChI is InChI=1S/C50H31N5O/c1-3-15-32(16-4-1)47-50(55(52-51-47)33-17-5-2-6-18-33)41-25-14-24-38-36-21-7-10-26-42(36)53(48(38)41)34-19-13-20-35(31-34)54-43-27-11-8-22-37(43)39-29-30-45-46(49(39)54)40-23-9-12-28-44(40)56-45/h1-31H. The van der Waals surface area contributed by atoms with Crippen LogP contribution in [-0.4, -0.2) is 24.1 Å². The predicted octanol–water partition coefficient (Wildman–Crippen LogP) is 12.7. The Kier molecular flexibility index (Phi) is 6.53. The Morgan fingerprint density at radius 3 is 1.73 bits per heavy atom. The number of benzene rings is 8. The highest BCUT2D eigenvalue weighted by atomic mass is 16.3. The van der Waals surface area contributed by atoms with E-state index in [1.807, 2.05) is 35.0 Å². The summed E-state index contributed by atoms with van der Waals surface area (Å²) in [7, 11) is 0. The van der Waals surface area contributed by atoms with E-state index in [-0.39, 0.29) is 0 Å². The van der Waals surface area contributed by atoms with Gasteiger partial charge in [-0.3, -0.25) is 0 Å². The summed E-state index contributed by atoms with van der Waals surface area (Å²) in [6, 6.07) is 66.2. The third kappa shape index (κ3) is 4.38. The van der Waals surface area contributed by atoms with Gasteiger partial charge in [-0.25, -0.2) is 4.68 Å². The first kappa shape index (κ1) is 30.7. The van der Waals surface area contributed by atoms with Crippen LogP contribution in [0.1, 0.15) is 0 Å². The van der Waals surface area contributed by atoms with Gasteiger partial charge in [0.1, 0.15) is 22.6 Å². The Bertz CT molecular complexity index is 3420. The van der Waals surface area contributed by atoms with Gasteiger partial charge in [0, 0.05) is 49.4 Å². The lowest BCUT2D eigenvalue weighted by Crippen LogP contribution is -2.02. The van der Waals surface area contributed by atoms with E-state index in [4.69, 9.17) is 14.7 Å². The summed E-state index contributed by atoms with van der Waals surface area (Å²) in [5.74, 6) is 0. The highest BCUT2D eigenvalue weighted by Crippen LogP contribution is 2.44. The Morgan fingerprint density at radius 1 is 0.411 bits per heavy atom. The molecular weight excluding hydrogens is 687 g/mol. The minimum absolute atomic E-state index is 0.828. The van der Waals surface area contributed by atoms with E-state index in [2.05, 4.69) is 167 Å². The largest absolute Gasteiger partial charge is 0.456 e. The summed E-state index contributed by atoms with van der Waals surface area (Å²) in [5, 5.41) is 16.6. The monoisotopic (exact) mass is 717 g/mol. The normalized spacial score (nSPS) is 11.9. The zero-order valence-corrected chi connectivity index (χ0v) is 30.0. The minimum Gasteiger partial charge on any atom is -0.456 e. The Hall–Kier alpha value is -7.70. The molecule has 0 aliphatic rings. The zero-order chi connectivity index (χ0) is 36.7. The zero-order valence-electron chi connectivity index (χ0n) is 30.0. The average Bonchev–Trinajstić information content (AvgIpc) is 4.04. The molecule has 0 unspecified atom stereocenters. The SMILES string of the molecule is c1ccc(-c2nnn(-c3ccccc3)c2-c2cccc3c4ccccc4n(-c4cccc(-n5c6ccccc6c6ccc7oc8ccccc8c7c65)c4)c23)cc1. The Morgan fingerprint density at radius 2 is 0.982 bits per heavy atom. The fourth-order valence-corrected chi connectivity index (χ4v) is 8.85. The molecular formula is C50H31N5O. The molecule has 0 bridgehead atoms. The van der Waals surface area contributed by atoms with Crippen LogP contribution in [0.2, 0.25) is 0 Å². The van der Waals surface area contributed by atoms with Crippen molar-refractivity contribution < 1.29 is 4.42 Å². The number of aromatic nitrogens is 5. The van der Waals surface area contributed by atoms with Crippen molar-refractivity contribution in [3.8, 4) is 39.6 Å². The number of furan rings is 1. The predicted molar refractivity (Wildman–Crippen MR) is 228 cm³/mol. The van der Waals surface area contributed by atoms with Gasteiger partial charge in [-0.2, -0.15) is 0 Å². The first-order chi connectivity index (χ1) is 27.8. The van der Waals surface area contributed by atoms with E-state index in [1.165, 1.54) is 16.2 Å². The molecule has 12 rings (SSSR count). The minimum atomic E-state index is 0.828. The maximum Gasteiger partial charge on any atom is 0.137 e. The van der Waals surface area contributed by atoms with Gasteiger partial charge >= 0.3 is 0 Å². The van der Waals surface area contributed by atoms with Crippen molar-refractivity contribution in [2.45, 2.75) is 0 Å². The topological polar surface area (TPSA) is 53.7 Å². The van der Waals surface area contributed by atoms with Gasteiger partial charge in [-0.05, 0) is 60.7 Å². The molecule has 8 aromatic carbocycles. The van der Waals surface area contributed by atoms with Crippen molar-refractivity contribution in [3.63, 3.8) is 0 Å². The molecule has 6 heteroatoms. The maximum absolute atomic E-state index is 6.43. The number of hydrogen-bond donors (Lipinski definition) is 0. The molecule has 0 radical (unpaired) electrons. The lowest BCUT2D eigenvalue weighted by atomic mass is 10.0. The summed E-state index contributed by atoms with van der Waals surface area (Å²) in [6.07, 6.45) is 0. The summed E-state index contributed by atoms with van der Waals surface area (Å²) in [4.78, 5) is 0. The molecule has 0 aliphatic heterocycles. The van der Waals surface area contributed by atoms with Crippen molar-refractivity contribution >= 4 is 65.6 Å². The van der Waals surface area contributed by atoms with E-state index >= 15 is 0 Å². The smallest absolute Gasteiger partial charge is 0.137 e. The quantitative estimate of drug-likeness (QED) is 0.178. The Labute approximate surface area is 320 Å². The van der Waals surface area contributed by atoms with Gasteiger partial charge < -0.3 is 13.6 Å². The Balaban J connectivity index is 1.17. The second-order valence-corrected chi connectivity index (χ2v) is 14.3. The fourth-order valence-electron chi connectivity index (χ4n) is 8.85. The van der Waals surface area contributed by atoms with Crippen molar-refractivity contribution in [1.82, 2.24) is 24.1 Å².